The van der Waals surface area contributed by atoms with Crippen molar-refractivity contribution in [2.24, 2.45) is 0 Å². The number of hydrogen-bond acceptors (Lipinski definition) is 6. The Labute approximate surface area is 299 Å². The molecule has 0 radical (unpaired) electrons. The van der Waals surface area contributed by atoms with Crippen LogP contribution in [0.3, 0.4) is 0 Å². The van der Waals surface area contributed by atoms with Gasteiger partial charge < -0.3 is 9.97 Å². The zero-order chi connectivity index (χ0) is 33.9. The van der Waals surface area contributed by atoms with Crippen molar-refractivity contribution >= 4 is 80.1 Å². The first kappa shape index (κ1) is 32.3. The van der Waals surface area contributed by atoms with Gasteiger partial charge in [0, 0.05) is 55.8 Å². The summed E-state index contributed by atoms with van der Waals surface area (Å²) in [5.74, 6) is 0. The number of carbonyl (C=O) groups is 2. The fourth-order valence-electron chi connectivity index (χ4n) is 6.76. The molecule has 0 saturated heterocycles. The number of rotatable bonds is 0. The molecule has 0 amide bonds. The van der Waals surface area contributed by atoms with Crippen molar-refractivity contribution in [3.63, 3.8) is 0 Å². The summed E-state index contributed by atoms with van der Waals surface area (Å²) in [4.78, 5) is 45.9. The van der Waals surface area contributed by atoms with Gasteiger partial charge in [-0.05, 0) is 96.8 Å². The second-order valence-electron chi connectivity index (χ2n) is 12.8. The van der Waals surface area contributed by atoms with Crippen LogP contribution in [-0.4, -0.2) is 30.2 Å². The lowest BCUT2D eigenvalue weighted by Crippen LogP contribution is -1.95. The molecule has 50 heavy (non-hydrogen) atoms. The molecule has 3 aromatic heterocycles. The van der Waals surface area contributed by atoms with Crippen molar-refractivity contribution in [3.8, 4) is 22.3 Å². The second-order valence-corrected chi connectivity index (χ2v) is 15.0. The van der Waals surface area contributed by atoms with E-state index in [1.165, 1.54) is 23.5 Å². The summed E-state index contributed by atoms with van der Waals surface area (Å²) in [6.45, 7) is 0. The number of aromatic amines is 2. The van der Waals surface area contributed by atoms with Crippen molar-refractivity contribution in [2.75, 3.05) is 0 Å². The van der Waals surface area contributed by atoms with Crippen LogP contribution in [0.15, 0.2) is 94.7 Å². The van der Waals surface area contributed by atoms with Gasteiger partial charge in [0.2, 0.25) is 0 Å². The molecule has 4 aliphatic heterocycles. The van der Waals surface area contributed by atoms with E-state index >= 15 is 0 Å². The summed E-state index contributed by atoms with van der Waals surface area (Å²) in [6, 6.07) is 28.6. The Morgan fingerprint density at radius 2 is 0.940 bits per heavy atom. The average Bonchev–Trinajstić information content (AvgIpc) is 3.94. The molecule has 2 N–H and O–H groups in total. The zero-order valence-electron chi connectivity index (χ0n) is 27.6. The Hall–Kier alpha value is -4.92. The monoisotopic (exact) mass is 692 g/mol. The Morgan fingerprint density at radius 3 is 1.42 bits per heavy atom. The third-order valence-corrected chi connectivity index (χ3v) is 11.2. The van der Waals surface area contributed by atoms with Crippen molar-refractivity contribution in [2.45, 2.75) is 61.2 Å². The summed E-state index contributed by atoms with van der Waals surface area (Å²) >= 11 is 2.64. The number of nitrogens with one attached hydrogen (secondary N) is 2. The molecule has 10 bridgehead atoms. The summed E-state index contributed by atoms with van der Waals surface area (Å²) in [5, 5.41) is 0.336. The largest absolute Gasteiger partial charge is 0.355 e. The number of H-pyrrole nitrogens is 2. The van der Waals surface area contributed by atoms with Gasteiger partial charge in [-0.15, -0.1) is 0 Å². The Balaban J connectivity index is 1.38. The van der Waals surface area contributed by atoms with Gasteiger partial charge in [0.25, 0.3) is 0 Å². The van der Waals surface area contributed by atoms with E-state index in [0.29, 0.717) is 12.8 Å². The molecule has 9 rings (SSSR count). The van der Waals surface area contributed by atoms with E-state index in [1.807, 2.05) is 72.8 Å². The lowest BCUT2D eigenvalue weighted by atomic mass is 10.0. The van der Waals surface area contributed by atoms with Crippen LogP contribution >= 0.6 is 23.5 Å². The minimum Gasteiger partial charge on any atom is -0.355 e. The van der Waals surface area contributed by atoms with Crippen molar-refractivity contribution in [1.82, 2.24) is 19.9 Å². The van der Waals surface area contributed by atoms with Gasteiger partial charge in [-0.25, -0.2) is 9.97 Å². The topological polar surface area (TPSA) is 91.5 Å². The molecule has 0 fully saturated rings. The molecule has 7 heterocycles. The number of benzene rings is 2. The summed E-state index contributed by atoms with van der Waals surface area (Å²) in [6.07, 6.45) is 15.1. The number of carbonyl (C=O) groups excluding carboxylic acids is 2. The molecule has 4 aliphatic rings. The normalized spacial score (nSPS) is 15.5. The summed E-state index contributed by atoms with van der Waals surface area (Å²) < 4.78 is 0. The van der Waals surface area contributed by atoms with E-state index in [2.05, 4.69) is 46.4 Å². The number of thioether (sulfide) groups is 2. The van der Waals surface area contributed by atoms with Crippen LogP contribution in [0.1, 0.15) is 74.1 Å². The third kappa shape index (κ3) is 7.04. The first-order valence-corrected chi connectivity index (χ1v) is 18.9. The van der Waals surface area contributed by atoms with Crippen LogP contribution in [0.5, 0.6) is 0 Å². The first-order chi connectivity index (χ1) is 24.6. The summed E-state index contributed by atoms with van der Waals surface area (Å²) in [5.41, 5.74) is 10.8. The molecular weight excluding hydrogens is 657 g/mol. The van der Waals surface area contributed by atoms with E-state index in [9.17, 15) is 9.59 Å². The standard InChI is InChI=1S/C42H36N4O2S2/c47-39-15-5-3-1-2-4-6-16-40(48)50-38-14-10-8-12-32(38)42-35-23-19-29(45-35)25-27-17-21-33(43-27)41(31-11-7-9-13-37(31)49-39)34-22-18-28(44-34)26-30-20-24-36(42)46-30/h7-14,17-26,43,46H,1-6,15-16H2. The zero-order valence-corrected chi connectivity index (χ0v) is 29.2. The van der Waals surface area contributed by atoms with Crippen molar-refractivity contribution in [3.05, 3.63) is 108 Å². The minimum atomic E-state index is 0.168. The number of nitrogens with zero attached hydrogens (tertiary/aromatic N) is 2. The summed E-state index contributed by atoms with van der Waals surface area (Å²) in [7, 11) is 0. The fourth-order valence-corrected chi connectivity index (χ4v) is 8.59. The number of aromatic nitrogens is 4. The maximum absolute atomic E-state index is 13.3. The van der Waals surface area contributed by atoms with E-state index < -0.39 is 0 Å². The maximum Gasteiger partial charge on any atom is 0.193 e. The minimum absolute atomic E-state index is 0.168. The van der Waals surface area contributed by atoms with Gasteiger partial charge in [0.15, 0.2) is 10.2 Å². The van der Waals surface area contributed by atoms with Crippen LogP contribution < -0.4 is 0 Å². The quantitative estimate of drug-likeness (QED) is 0.164. The van der Waals surface area contributed by atoms with Crippen LogP contribution in [0.25, 0.3) is 68.6 Å². The van der Waals surface area contributed by atoms with Gasteiger partial charge in [-0.1, -0.05) is 85.6 Å². The molecule has 8 heteroatoms. The SMILES string of the molecule is O=C1CCCCCCCCC(=O)Sc2ccccc2-c2c3nc(cc4ccc([nH]4)c(c4nc(cc5ccc2[nH]5)C=C4)-c2ccccc2S1)C=C3. The molecule has 0 unspecified atom stereocenters. The Kier molecular flexibility index (Phi) is 9.37. The molecule has 248 valence electrons. The fraction of sp³-hybridized carbons (Fsp3) is 0.190. The van der Waals surface area contributed by atoms with E-state index in [4.69, 9.17) is 9.97 Å². The Morgan fingerprint density at radius 1 is 0.500 bits per heavy atom. The van der Waals surface area contributed by atoms with Crippen LogP contribution in [0.2, 0.25) is 0 Å². The third-order valence-electron chi connectivity index (χ3n) is 9.17. The first-order valence-electron chi connectivity index (χ1n) is 17.3. The van der Waals surface area contributed by atoms with Gasteiger partial charge >= 0.3 is 0 Å². The highest BCUT2D eigenvalue weighted by atomic mass is 32.2. The van der Waals surface area contributed by atoms with E-state index in [0.717, 1.165) is 115 Å². The number of fused-ring (bicyclic) bond motifs is 11. The Bertz CT molecular complexity index is 2180. The van der Waals surface area contributed by atoms with Crippen molar-refractivity contribution < 1.29 is 9.59 Å². The van der Waals surface area contributed by atoms with Gasteiger partial charge in [0.1, 0.15) is 0 Å². The van der Waals surface area contributed by atoms with Crippen LogP contribution in [0.4, 0.5) is 0 Å². The van der Waals surface area contributed by atoms with Crippen molar-refractivity contribution in [1.29, 1.82) is 0 Å². The predicted molar refractivity (Wildman–Crippen MR) is 208 cm³/mol. The highest BCUT2D eigenvalue weighted by Crippen LogP contribution is 2.39. The molecule has 0 saturated carbocycles. The van der Waals surface area contributed by atoms with Gasteiger partial charge in [-0.3, -0.25) is 9.59 Å². The second kappa shape index (κ2) is 14.5. The van der Waals surface area contributed by atoms with Gasteiger partial charge in [0.05, 0.1) is 22.8 Å². The molecule has 0 aliphatic carbocycles. The highest BCUT2D eigenvalue weighted by Gasteiger charge is 2.19. The van der Waals surface area contributed by atoms with E-state index in [1.54, 1.807) is 0 Å². The molecular formula is C42H36N4O2S2. The maximum atomic E-state index is 13.3. The smallest absolute Gasteiger partial charge is 0.193 e. The van der Waals surface area contributed by atoms with Crippen LogP contribution in [0, 0.1) is 0 Å². The highest BCUT2D eigenvalue weighted by molar-refractivity contribution is 8.14. The predicted octanol–water partition coefficient (Wildman–Crippen LogP) is 11.4. The van der Waals surface area contributed by atoms with Gasteiger partial charge in [-0.2, -0.15) is 0 Å². The molecule has 5 aromatic rings. The molecule has 0 spiro atoms. The molecule has 2 aromatic carbocycles. The lowest BCUT2D eigenvalue weighted by Gasteiger charge is -2.10. The molecule has 0 atom stereocenters. The number of hydrogen-bond donors (Lipinski definition) is 2. The lowest BCUT2D eigenvalue weighted by molar-refractivity contribution is -0.111. The average molecular weight is 693 g/mol. The molecule has 6 nitrogen and oxygen atoms in total. The van der Waals surface area contributed by atoms with Crippen LogP contribution in [-0.2, 0) is 9.59 Å². The van der Waals surface area contributed by atoms with E-state index in [-0.39, 0.29) is 10.2 Å².